The van der Waals surface area contributed by atoms with Crippen molar-refractivity contribution < 1.29 is 9.90 Å². The van der Waals surface area contributed by atoms with Gasteiger partial charge in [0.2, 0.25) is 5.78 Å². The first-order valence-electron chi connectivity index (χ1n) is 7.61. The van der Waals surface area contributed by atoms with E-state index in [0.29, 0.717) is 16.8 Å². The summed E-state index contributed by atoms with van der Waals surface area (Å²) < 4.78 is 1.69. The van der Waals surface area contributed by atoms with Crippen LogP contribution in [-0.4, -0.2) is 20.5 Å². The van der Waals surface area contributed by atoms with Gasteiger partial charge in [-0.05, 0) is 24.3 Å². The molecule has 0 amide bonds. The number of rotatable bonds is 3. The van der Waals surface area contributed by atoms with E-state index in [1.165, 1.54) is 6.07 Å². The molecule has 24 heavy (non-hydrogen) atoms. The van der Waals surface area contributed by atoms with Crippen LogP contribution in [0.1, 0.15) is 15.9 Å². The van der Waals surface area contributed by atoms with Crippen LogP contribution in [0, 0.1) is 0 Å². The Bertz CT molecular complexity index is 1040. The van der Waals surface area contributed by atoms with E-state index in [1.807, 2.05) is 54.7 Å². The van der Waals surface area contributed by atoms with E-state index in [2.05, 4.69) is 5.10 Å². The number of carbonyl (C=O) groups is 1. The molecule has 0 aliphatic rings. The van der Waals surface area contributed by atoms with Gasteiger partial charge in [-0.25, -0.2) is 4.52 Å². The molecule has 0 radical (unpaired) electrons. The van der Waals surface area contributed by atoms with Crippen molar-refractivity contribution in [2.75, 3.05) is 0 Å². The monoisotopic (exact) mass is 314 g/mol. The summed E-state index contributed by atoms with van der Waals surface area (Å²) in [6.45, 7) is 0. The van der Waals surface area contributed by atoms with E-state index >= 15 is 0 Å². The van der Waals surface area contributed by atoms with E-state index in [1.54, 1.807) is 22.7 Å². The fraction of sp³-hybridized carbons (Fsp3) is 0. The molecule has 0 bridgehead atoms. The Morgan fingerprint density at radius 2 is 1.58 bits per heavy atom. The van der Waals surface area contributed by atoms with Crippen LogP contribution in [0.25, 0.3) is 16.8 Å². The average molecular weight is 314 g/mol. The lowest BCUT2D eigenvalue weighted by Gasteiger charge is -2.05. The van der Waals surface area contributed by atoms with E-state index in [9.17, 15) is 9.90 Å². The zero-order valence-electron chi connectivity index (χ0n) is 12.8. The molecule has 0 spiro atoms. The molecule has 116 valence electrons. The van der Waals surface area contributed by atoms with Crippen LogP contribution in [0.5, 0.6) is 5.75 Å². The lowest BCUT2D eigenvalue weighted by molar-refractivity contribution is 0.103. The Kier molecular flexibility index (Phi) is 3.35. The van der Waals surface area contributed by atoms with Gasteiger partial charge in [0.15, 0.2) is 0 Å². The second kappa shape index (κ2) is 5.66. The topological polar surface area (TPSA) is 54.6 Å². The number of ketones is 1. The maximum Gasteiger partial charge on any atom is 0.201 e. The van der Waals surface area contributed by atoms with Crippen LogP contribution in [0.15, 0.2) is 79.0 Å². The molecule has 0 saturated carbocycles. The number of nitrogens with zero attached hydrogens (tertiary/aromatic N) is 2. The number of hydrogen-bond acceptors (Lipinski definition) is 3. The summed E-state index contributed by atoms with van der Waals surface area (Å²) in [6, 6.07) is 21.7. The Hall–Kier alpha value is -3.40. The number of aromatic nitrogens is 2. The van der Waals surface area contributed by atoms with Crippen LogP contribution < -0.4 is 0 Å². The number of aromatic hydroxyl groups is 1. The number of pyridine rings is 1. The molecule has 4 rings (SSSR count). The minimum absolute atomic E-state index is 0.0307. The second-order valence-electron chi connectivity index (χ2n) is 5.47. The highest BCUT2D eigenvalue weighted by molar-refractivity contribution is 6.17. The lowest BCUT2D eigenvalue weighted by Crippen LogP contribution is -2.03. The van der Waals surface area contributed by atoms with Crippen LogP contribution in [0.4, 0.5) is 0 Å². The smallest absolute Gasteiger partial charge is 0.201 e. The third-order valence-electron chi connectivity index (χ3n) is 3.96. The average Bonchev–Trinajstić information content (AvgIpc) is 3.02. The van der Waals surface area contributed by atoms with Crippen molar-refractivity contribution in [1.82, 2.24) is 9.61 Å². The summed E-state index contributed by atoms with van der Waals surface area (Å²) in [5.74, 6) is -0.273. The molecule has 4 nitrogen and oxygen atoms in total. The third kappa shape index (κ3) is 2.25. The van der Waals surface area contributed by atoms with Crippen molar-refractivity contribution in [2.45, 2.75) is 0 Å². The molecule has 0 aliphatic heterocycles. The Morgan fingerprint density at radius 3 is 2.38 bits per heavy atom. The largest absolute Gasteiger partial charge is 0.507 e. The highest BCUT2D eigenvalue weighted by Gasteiger charge is 2.23. The molecule has 4 heteroatoms. The van der Waals surface area contributed by atoms with Gasteiger partial charge >= 0.3 is 0 Å². The molecule has 0 saturated heterocycles. The first-order chi connectivity index (χ1) is 11.8. The zero-order chi connectivity index (χ0) is 16.5. The van der Waals surface area contributed by atoms with Gasteiger partial charge in [-0.3, -0.25) is 4.79 Å². The Morgan fingerprint density at radius 1 is 0.875 bits per heavy atom. The summed E-state index contributed by atoms with van der Waals surface area (Å²) >= 11 is 0. The lowest BCUT2D eigenvalue weighted by atomic mass is 9.98. The van der Waals surface area contributed by atoms with E-state index in [0.717, 1.165) is 5.56 Å². The number of hydrogen-bond donors (Lipinski definition) is 1. The number of carbonyl (C=O) groups excluding carboxylic acids is 1. The summed E-state index contributed by atoms with van der Waals surface area (Å²) in [4.78, 5) is 13.1. The van der Waals surface area contributed by atoms with Crippen molar-refractivity contribution in [3.63, 3.8) is 0 Å². The SMILES string of the molecule is O=C(c1ccccc1O)c1c(-c2ccccc2)nn2ccccc12. The van der Waals surface area contributed by atoms with Gasteiger partial charge in [-0.2, -0.15) is 5.10 Å². The first-order valence-corrected chi connectivity index (χ1v) is 7.61. The van der Waals surface area contributed by atoms with E-state index in [-0.39, 0.29) is 17.1 Å². The second-order valence-corrected chi connectivity index (χ2v) is 5.47. The maximum absolute atomic E-state index is 13.1. The quantitative estimate of drug-likeness (QED) is 0.583. The predicted octanol–water partition coefficient (Wildman–Crippen LogP) is 3.94. The van der Waals surface area contributed by atoms with Crippen LogP contribution in [0.2, 0.25) is 0 Å². The Labute approximate surface area is 138 Å². The molecule has 4 aromatic rings. The third-order valence-corrected chi connectivity index (χ3v) is 3.96. The highest BCUT2D eigenvalue weighted by atomic mass is 16.3. The van der Waals surface area contributed by atoms with Crippen LogP contribution >= 0.6 is 0 Å². The van der Waals surface area contributed by atoms with Gasteiger partial charge in [-0.15, -0.1) is 0 Å². The van der Waals surface area contributed by atoms with Crippen molar-refractivity contribution in [1.29, 1.82) is 0 Å². The van der Waals surface area contributed by atoms with Gasteiger partial charge in [-0.1, -0.05) is 48.5 Å². The fourth-order valence-electron chi connectivity index (χ4n) is 2.82. The fourth-order valence-corrected chi connectivity index (χ4v) is 2.82. The zero-order valence-corrected chi connectivity index (χ0v) is 12.8. The van der Waals surface area contributed by atoms with Gasteiger partial charge in [0, 0.05) is 11.8 Å². The first kappa shape index (κ1) is 14.2. The Balaban J connectivity index is 2.00. The predicted molar refractivity (Wildman–Crippen MR) is 92.2 cm³/mol. The molecule has 2 aromatic heterocycles. The summed E-state index contributed by atoms with van der Waals surface area (Å²) in [5.41, 5.74) is 2.94. The van der Waals surface area contributed by atoms with Crippen molar-refractivity contribution >= 4 is 11.3 Å². The van der Waals surface area contributed by atoms with Crippen LogP contribution in [0.3, 0.4) is 0 Å². The number of phenolic OH excluding ortho intramolecular Hbond substituents is 1. The van der Waals surface area contributed by atoms with Gasteiger partial charge in [0.05, 0.1) is 16.6 Å². The molecule has 0 fully saturated rings. The van der Waals surface area contributed by atoms with E-state index in [4.69, 9.17) is 0 Å². The van der Waals surface area contributed by atoms with Gasteiger partial charge in [0.25, 0.3) is 0 Å². The van der Waals surface area contributed by atoms with Crippen molar-refractivity contribution in [3.8, 4) is 17.0 Å². The normalized spacial score (nSPS) is 10.8. The van der Waals surface area contributed by atoms with Crippen molar-refractivity contribution in [3.05, 3.63) is 90.1 Å². The molecular weight excluding hydrogens is 300 g/mol. The van der Waals surface area contributed by atoms with Crippen LogP contribution in [-0.2, 0) is 0 Å². The van der Waals surface area contributed by atoms with Gasteiger partial charge < -0.3 is 5.11 Å². The summed E-state index contributed by atoms with van der Waals surface area (Å²) in [5, 5.41) is 14.6. The summed E-state index contributed by atoms with van der Waals surface area (Å²) in [7, 11) is 0. The number of fused-ring (bicyclic) bond motifs is 1. The maximum atomic E-state index is 13.1. The molecule has 0 aliphatic carbocycles. The molecule has 0 atom stereocenters. The molecule has 0 unspecified atom stereocenters. The number of phenols is 1. The molecule has 2 heterocycles. The van der Waals surface area contributed by atoms with Gasteiger partial charge in [0.1, 0.15) is 11.4 Å². The molecular formula is C20H14N2O2. The minimum Gasteiger partial charge on any atom is -0.507 e. The van der Waals surface area contributed by atoms with E-state index < -0.39 is 0 Å². The molecule has 1 N–H and O–H groups in total. The van der Waals surface area contributed by atoms with Crippen molar-refractivity contribution in [2.24, 2.45) is 0 Å². The highest BCUT2D eigenvalue weighted by Crippen LogP contribution is 2.30. The standard InChI is InChI=1S/C20H14N2O2/c23-17-12-5-4-10-15(17)20(24)18-16-11-6-7-13-22(16)21-19(18)14-8-2-1-3-9-14/h1-13,23H. The molecule has 2 aromatic carbocycles. The number of para-hydroxylation sites is 1. The minimum atomic E-state index is -0.242. The number of benzene rings is 2. The summed E-state index contributed by atoms with van der Waals surface area (Å²) in [6.07, 6.45) is 1.81.